The summed E-state index contributed by atoms with van der Waals surface area (Å²) in [5.41, 5.74) is 0.188. The predicted molar refractivity (Wildman–Crippen MR) is 51.8 cm³/mol. The highest BCUT2D eigenvalue weighted by atomic mass is 19.1. The number of ether oxygens (including phenoxy) is 1. The van der Waals surface area contributed by atoms with E-state index in [4.69, 9.17) is 0 Å². The van der Waals surface area contributed by atoms with Gasteiger partial charge in [0.05, 0.1) is 5.56 Å². The van der Waals surface area contributed by atoms with E-state index in [1.807, 2.05) is 0 Å². The van der Waals surface area contributed by atoms with Gasteiger partial charge in [-0.2, -0.15) is 0 Å². The molecule has 1 atom stereocenters. The maximum atomic E-state index is 12.6. The normalized spacial score (nSPS) is 11.9. The summed E-state index contributed by atoms with van der Waals surface area (Å²) >= 11 is 0. The van der Waals surface area contributed by atoms with E-state index in [1.165, 1.54) is 12.1 Å². The monoisotopic (exact) mass is 212 g/mol. The van der Waals surface area contributed by atoms with Crippen molar-refractivity contribution in [2.75, 3.05) is 6.61 Å². The molecule has 0 N–H and O–H groups in total. The van der Waals surface area contributed by atoms with Crippen LogP contribution in [0.25, 0.3) is 0 Å². The number of halogens is 2. The topological polar surface area (TPSA) is 26.3 Å². The Bertz CT molecular complexity index is 346. The van der Waals surface area contributed by atoms with E-state index in [0.717, 1.165) is 18.2 Å². The lowest BCUT2D eigenvalue weighted by molar-refractivity contribution is 0.0437. The SMILES string of the molecule is C=CC([19F])COC(=O)c1ccc(F)cc1. The fraction of sp³-hybridized carbons (Fsp3) is 0.182. The van der Waals surface area contributed by atoms with Crippen LogP contribution in [0.5, 0.6) is 0 Å². The van der Waals surface area contributed by atoms with Gasteiger partial charge < -0.3 is 4.74 Å². The number of carbonyl (C=O) groups is 1. The van der Waals surface area contributed by atoms with Crippen molar-refractivity contribution < 1.29 is 18.3 Å². The number of carbonyl (C=O) groups excluding carboxylic acids is 1. The van der Waals surface area contributed by atoms with Crippen LogP contribution in [0.1, 0.15) is 10.4 Å². The molecule has 0 saturated heterocycles. The van der Waals surface area contributed by atoms with E-state index >= 15 is 0 Å². The van der Waals surface area contributed by atoms with E-state index in [1.54, 1.807) is 0 Å². The molecule has 15 heavy (non-hydrogen) atoms. The van der Waals surface area contributed by atoms with Gasteiger partial charge in [0.25, 0.3) is 0 Å². The number of esters is 1. The summed E-state index contributed by atoms with van der Waals surface area (Å²) in [6, 6.07) is 4.83. The molecule has 1 aromatic carbocycles. The van der Waals surface area contributed by atoms with E-state index in [2.05, 4.69) is 11.3 Å². The average Bonchev–Trinajstić information content (AvgIpc) is 2.26. The fourth-order valence-electron chi connectivity index (χ4n) is 0.893. The highest BCUT2D eigenvalue weighted by Crippen LogP contribution is 2.05. The minimum Gasteiger partial charge on any atom is -0.459 e. The molecule has 0 aliphatic heterocycles. The molecule has 0 spiro atoms. The van der Waals surface area contributed by atoms with Crippen LogP contribution < -0.4 is 0 Å². The van der Waals surface area contributed by atoms with Crippen LogP contribution in [0.2, 0.25) is 0 Å². The number of hydrogen-bond acceptors (Lipinski definition) is 2. The molecule has 4 heteroatoms. The Morgan fingerprint density at radius 2 is 2.07 bits per heavy atom. The molecule has 0 bridgehead atoms. The Kier molecular flexibility index (Phi) is 3.97. The zero-order chi connectivity index (χ0) is 11.3. The number of rotatable bonds is 4. The molecule has 0 fully saturated rings. The van der Waals surface area contributed by atoms with Crippen molar-refractivity contribution in [2.24, 2.45) is 0 Å². The van der Waals surface area contributed by atoms with Crippen molar-refractivity contribution in [1.29, 1.82) is 0 Å². The van der Waals surface area contributed by atoms with Gasteiger partial charge in [0.1, 0.15) is 12.4 Å². The van der Waals surface area contributed by atoms with E-state index in [9.17, 15) is 13.6 Å². The molecule has 0 saturated carbocycles. The van der Waals surface area contributed by atoms with E-state index in [0.29, 0.717) is 0 Å². The first kappa shape index (κ1) is 11.4. The Morgan fingerprint density at radius 3 is 2.60 bits per heavy atom. The maximum absolute atomic E-state index is 12.6. The van der Waals surface area contributed by atoms with Gasteiger partial charge in [0, 0.05) is 0 Å². The molecule has 0 aromatic heterocycles. The molecule has 1 unspecified atom stereocenters. The van der Waals surface area contributed by atoms with Crippen LogP contribution in [0, 0.1) is 5.82 Å². The third-order valence-corrected chi connectivity index (χ3v) is 1.71. The van der Waals surface area contributed by atoms with Crippen molar-refractivity contribution in [3.63, 3.8) is 0 Å². The van der Waals surface area contributed by atoms with Gasteiger partial charge in [-0.1, -0.05) is 6.08 Å². The molecular formula is C11H10F2O2. The summed E-state index contributed by atoms with van der Waals surface area (Å²) in [5, 5.41) is 0. The summed E-state index contributed by atoms with van der Waals surface area (Å²) in [6.07, 6.45) is -0.341. The fourth-order valence-corrected chi connectivity index (χ4v) is 0.893. The van der Waals surface area contributed by atoms with Gasteiger partial charge in [-0.15, -0.1) is 6.58 Å². The zero-order valence-electron chi connectivity index (χ0n) is 7.95. The average molecular weight is 212 g/mol. The minimum atomic E-state index is -1.38. The van der Waals surface area contributed by atoms with Gasteiger partial charge in [0.15, 0.2) is 6.17 Å². The van der Waals surface area contributed by atoms with Gasteiger partial charge in [0.2, 0.25) is 0 Å². The zero-order valence-corrected chi connectivity index (χ0v) is 7.95. The van der Waals surface area contributed by atoms with Crippen LogP contribution >= 0.6 is 0 Å². The molecule has 0 aliphatic carbocycles. The lowest BCUT2D eigenvalue weighted by Gasteiger charge is -2.05. The molecule has 0 heterocycles. The summed E-state index contributed by atoms with van der Waals surface area (Å²) in [6.45, 7) is 2.83. The molecule has 1 rings (SSSR count). The second kappa shape index (κ2) is 5.24. The van der Waals surface area contributed by atoms with Gasteiger partial charge in [-0.3, -0.25) is 0 Å². The molecule has 80 valence electrons. The first-order valence-electron chi connectivity index (χ1n) is 4.33. The molecule has 0 radical (unpaired) electrons. The first-order chi connectivity index (χ1) is 7.13. The summed E-state index contributed by atoms with van der Waals surface area (Å²) < 4.78 is 29.7. The molecule has 2 nitrogen and oxygen atoms in total. The quantitative estimate of drug-likeness (QED) is 0.566. The standard InChI is InChI=1S/C11H10F2O2/c1-2-9(12)7-15-11(14)8-3-5-10(13)6-4-8/h2-6,9H,1,7H2/i12+0. The first-order valence-corrected chi connectivity index (χ1v) is 4.33. The Morgan fingerprint density at radius 1 is 1.47 bits per heavy atom. The Labute approximate surface area is 86.2 Å². The van der Waals surface area contributed by atoms with E-state index < -0.39 is 18.0 Å². The highest BCUT2D eigenvalue weighted by Gasteiger charge is 2.09. The second-order valence-electron chi connectivity index (χ2n) is 2.86. The molecule has 0 aliphatic rings. The highest BCUT2D eigenvalue weighted by molar-refractivity contribution is 5.89. The molecular weight excluding hydrogens is 202 g/mol. The minimum absolute atomic E-state index is 0.188. The largest absolute Gasteiger partial charge is 0.459 e. The number of hydrogen-bond donors (Lipinski definition) is 0. The van der Waals surface area contributed by atoms with Crippen LogP contribution in [0.15, 0.2) is 36.9 Å². The van der Waals surface area contributed by atoms with Crippen molar-refractivity contribution in [2.45, 2.75) is 6.17 Å². The van der Waals surface area contributed by atoms with E-state index in [-0.39, 0.29) is 12.2 Å². The van der Waals surface area contributed by atoms with Crippen LogP contribution in [0.3, 0.4) is 0 Å². The maximum Gasteiger partial charge on any atom is 0.338 e. The Hall–Kier alpha value is -1.71. The predicted octanol–water partition coefficient (Wildman–Crippen LogP) is 2.51. The molecule has 1 aromatic rings. The third-order valence-electron chi connectivity index (χ3n) is 1.71. The van der Waals surface area contributed by atoms with Gasteiger partial charge in [-0.05, 0) is 24.3 Å². The van der Waals surface area contributed by atoms with Crippen molar-refractivity contribution in [3.05, 3.63) is 48.3 Å². The number of benzene rings is 1. The molecule has 0 amide bonds. The summed E-state index contributed by atoms with van der Waals surface area (Å²) in [5.74, 6) is -1.12. The van der Waals surface area contributed by atoms with Crippen LogP contribution in [-0.2, 0) is 4.74 Å². The summed E-state index contributed by atoms with van der Waals surface area (Å²) in [7, 11) is 0. The smallest absolute Gasteiger partial charge is 0.338 e. The van der Waals surface area contributed by atoms with Crippen molar-refractivity contribution >= 4 is 5.97 Å². The lowest BCUT2D eigenvalue weighted by atomic mass is 10.2. The Balaban J connectivity index is 2.54. The second-order valence-corrected chi connectivity index (χ2v) is 2.86. The van der Waals surface area contributed by atoms with Gasteiger partial charge >= 0.3 is 5.97 Å². The van der Waals surface area contributed by atoms with Gasteiger partial charge in [-0.25, -0.2) is 13.6 Å². The number of alkyl halides is 1. The van der Waals surface area contributed by atoms with Crippen molar-refractivity contribution in [1.82, 2.24) is 0 Å². The summed E-state index contributed by atoms with van der Waals surface area (Å²) in [4.78, 5) is 11.2. The third kappa shape index (κ3) is 3.50. The lowest BCUT2D eigenvalue weighted by Crippen LogP contribution is -2.13. The van der Waals surface area contributed by atoms with Crippen molar-refractivity contribution in [3.8, 4) is 0 Å². The van der Waals surface area contributed by atoms with Crippen LogP contribution in [0.4, 0.5) is 8.78 Å². The van der Waals surface area contributed by atoms with Crippen LogP contribution in [-0.4, -0.2) is 18.7 Å².